The highest BCUT2D eigenvalue weighted by molar-refractivity contribution is 6.60. The zero-order valence-corrected chi connectivity index (χ0v) is 18.5. The standard InChI is InChI=1S/C18H29NO9Si/c1-6-28-17-12-16(19(21)22)14(11-15(17)18(20)23-2)13-27-9-7-8-10-29(24-3,25-4)26-5/h11-12H,6-10,13H2,1-5H3. The van der Waals surface area contributed by atoms with Crippen molar-refractivity contribution in [1.29, 1.82) is 0 Å². The fourth-order valence-corrected chi connectivity index (χ4v) is 4.52. The van der Waals surface area contributed by atoms with Crippen molar-refractivity contribution in [3.05, 3.63) is 33.4 Å². The fraction of sp³-hybridized carbons (Fsp3) is 0.611. The number of nitro benzene ring substituents is 1. The predicted molar refractivity (Wildman–Crippen MR) is 106 cm³/mol. The van der Waals surface area contributed by atoms with E-state index in [4.69, 9.17) is 27.5 Å². The first-order valence-corrected chi connectivity index (χ1v) is 11.1. The van der Waals surface area contributed by atoms with Crippen LogP contribution in [0.3, 0.4) is 0 Å². The van der Waals surface area contributed by atoms with Gasteiger partial charge in [0.25, 0.3) is 5.69 Å². The summed E-state index contributed by atoms with van der Waals surface area (Å²) in [6.45, 7) is 2.33. The van der Waals surface area contributed by atoms with Crippen molar-refractivity contribution >= 4 is 20.5 Å². The first-order valence-electron chi connectivity index (χ1n) is 9.13. The van der Waals surface area contributed by atoms with E-state index in [9.17, 15) is 14.9 Å². The van der Waals surface area contributed by atoms with Crippen LogP contribution in [-0.4, -0.2) is 61.4 Å². The summed E-state index contributed by atoms with van der Waals surface area (Å²) < 4.78 is 31.7. The molecule has 0 saturated carbocycles. The monoisotopic (exact) mass is 431 g/mol. The summed E-state index contributed by atoms with van der Waals surface area (Å²) in [6.07, 6.45) is 1.44. The van der Waals surface area contributed by atoms with Crippen LogP contribution in [-0.2, 0) is 29.4 Å². The molecule has 1 rings (SSSR count). The molecular weight excluding hydrogens is 402 g/mol. The SMILES string of the molecule is CCOc1cc([N+](=O)[O-])c(COCCCC[Si](OC)(OC)OC)cc1C(=O)OC. The van der Waals surface area contributed by atoms with Gasteiger partial charge in [0.1, 0.15) is 11.3 Å². The van der Waals surface area contributed by atoms with Crippen molar-refractivity contribution in [1.82, 2.24) is 0 Å². The third kappa shape index (κ3) is 7.05. The molecule has 0 N–H and O–H groups in total. The summed E-state index contributed by atoms with van der Waals surface area (Å²) in [5.74, 6) is -0.528. The van der Waals surface area contributed by atoms with Crippen molar-refractivity contribution in [3.8, 4) is 5.75 Å². The molecule has 0 aromatic heterocycles. The molecule has 0 aliphatic heterocycles. The van der Waals surface area contributed by atoms with Gasteiger partial charge in [-0.2, -0.15) is 0 Å². The van der Waals surface area contributed by atoms with Crippen LogP contribution in [0.4, 0.5) is 5.69 Å². The van der Waals surface area contributed by atoms with Gasteiger partial charge < -0.3 is 27.5 Å². The molecule has 0 bridgehead atoms. The van der Waals surface area contributed by atoms with E-state index in [1.165, 1.54) is 19.2 Å². The largest absolute Gasteiger partial charge is 0.500 e. The van der Waals surface area contributed by atoms with Crippen LogP contribution < -0.4 is 4.74 Å². The molecule has 29 heavy (non-hydrogen) atoms. The lowest BCUT2D eigenvalue weighted by molar-refractivity contribution is -0.386. The Morgan fingerprint density at radius 1 is 1.10 bits per heavy atom. The average molecular weight is 432 g/mol. The van der Waals surface area contributed by atoms with Crippen LogP contribution in [0, 0.1) is 10.1 Å². The highest BCUT2D eigenvalue weighted by Crippen LogP contribution is 2.30. The van der Waals surface area contributed by atoms with E-state index in [0.29, 0.717) is 19.1 Å². The lowest BCUT2D eigenvalue weighted by Crippen LogP contribution is -2.42. The highest BCUT2D eigenvalue weighted by atomic mass is 28.4. The molecule has 1 aromatic rings. The van der Waals surface area contributed by atoms with Crippen LogP contribution in [0.5, 0.6) is 5.75 Å². The van der Waals surface area contributed by atoms with Gasteiger partial charge in [-0.3, -0.25) is 10.1 Å². The summed E-state index contributed by atoms with van der Waals surface area (Å²) >= 11 is 0. The Labute approximate surface area is 171 Å². The molecule has 0 saturated heterocycles. The first-order chi connectivity index (χ1) is 13.9. The van der Waals surface area contributed by atoms with Crippen LogP contribution in [0.25, 0.3) is 0 Å². The second-order valence-electron chi connectivity index (χ2n) is 5.96. The molecular formula is C18H29NO9Si. The lowest BCUT2D eigenvalue weighted by atomic mass is 10.1. The molecule has 164 valence electrons. The van der Waals surface area contributed by atoms with Crippen molar-refractivity contribution in [2.75, 3.05) is 41.7 Å². The predicted octanol–water partition coefficient (Wildman–Crippen LogP) is 2.96. The van der Waals surface area contributed by atoms with Gasteiger partial charge in [0, 0.05) is 34.0 Å². The number of esters is 1. The van der Waals surface area contributed by atoms with E-state index in [1.54, 1.807) is 28.3 Å². The van der Waals surface area contributed by atoms with E-state index in [2.05, 4.69) is 0 Å². The summed E-state index contributed by atoms with van der Waals surface area (Å²) in [4.78, 5) is 22.9. The van der Waals surface area contributed by atoms with Crippen LogP contribution >= 0.6 is 0 Å². The number of unbranched alkanes of at least 4 members (excludes halogenated alkanes) is 1. The molecule has 0 aliphatic carbocycles. The molecule has 0 fully saturated rings. The minimum absolute atomic E-state index is 0.0197. The second kappa shape index (κ2) is 12.5. The minimum Gasteiger partial charge on any atom is -0.493 e. The number of ether oxygens (including phenoxy) is 3. The van der Waals surface area contributed by atoms with Crippen molar-refractivity contribution < 1.29 is 37.2 Å². The third-order valence-corrected chi connectivity index (χ3v) is 7.13. The maximum atomic E-state index is 12.0. The summed E-state index contributed by atoms with van der Waals surface area (Å²) in [7, 11) is 3.29. The Bertz CT molecular complexity index is 671. The quantitative estimate of drug-likeness (QED) is 0.144. The molecule has 11 heteroatoms. The zero-order chi connectivity index (χ0) is 21.9. The number of nitrogens with zero attached hydrogens (tertiary/aromatic N) is 1. The smallest absolute Gasteiger partial charge is 0.493 e. The molecule has 0 amide bonds. The Balaban J connectivity index is 2.77. The summed E-state index contributed by atoms with van der Waals surface area (Å²) in [6, 6.07) is 3.24. The normalized spacial score (nSPS) is 11.3. The highest BCUT2D eigenvalue weighted by Gasteiger charge is 2.36. The molecule has 0 radical (unpaired) electrons. The minimum atomic E-state index is -2.61. The maximum Gasteiger partial charge on any atom is 0.500 e. The second-order valence-corrected chi connectivity index (χ2v) is 9.05. The molecule has 0 aliphatic rings. The number of benzene rings is 1. The van der Waals surface area contributed by atoms with Gasteiger partial charge >= 0.3 is 14.8 Å². The van der Waals surface area contributed by atoms with Crippen LogP contribution in [0.15, 0.2) is 12.1 Å². The third-order valence-electron chi connectivity index (χ3n) is 4.29. The Kier molecular flexibility index (Phi) is 10.8. The van der Waals surface area contributed by atoms with Gasteiger partial charge in [-0.15, -0.1) is 0 Å². The van der Waals surface area contributed by atoms with Gasteiger partial charge in [-0.25, -0.2) is 4.79 Å². The van der Waals surface area contributed by atoms with E-state index in [1.807, 2.05) is 0 Å². The molecule has 0 heterocycles. The number of hydrogen-bond acceptors (Lipinski definition) is 9. The Morgan fingerprint density at radius 2 is 1.76 bits per heavy atom. The topological polar surface area (TPSA) is 116 Å². The van der Waals surface area contributed by atoms with E-state index in [-0.39, 0.29) is 35.8 Å². The Morgan fingerprint density at radius 3 is 2.28 bits per heavy atom. The zero-order valence-electron chi connectivity index (χ0n) is 17.5. The Hall–Kier alpha value is -2.05. The number of methoxy groups -OCH3 is 1. The molecule has 1 aromatic carbocycles. The molecule has 10 nitrogen and oxygen atoms in total. The van der Waals surface area contributed by atoms with Crippen molar-refractivity contribution in [3.63, 3.8) is 0 Å². The summed E-state index contributed by atoms with van der Waals surface area (Å²) in [5.41, 5.74) is 0.216. The van der Waals surface area contributed by atoms with Gasteiger partial charge in [-0.05, 0) is 25.8 Å². The number of carbonyl (C=O) groups is 1. The van der Waals surface area contributed by atoms with Gasteiger partial charge in [-0.1, -0.05) is 0 Å². The average Bonchev–Trinajstić information content (AvgIpc) is 2.73. The molecule has 0 unspecified atom stereocenters. The van der Waals surface area contributed by atoms with Crippen LogP contribution in [0.2, 0.25) is 6.04 Å². The number of carbonyl (C=O) groups excluding carboxylic acids is 1. The molecule has 0 atom stereocenters. The summed E-state index contributed by atoms with van der Waals surface area (Å²) in [5, 5.41) is 11.4. The molecule has 0 spiro atoms. The number of rotatable bonds is 14. The lowest BCUT2D eigenvalue weighted by Gasteiger charge is -2.24. The van der Waals surface area contributed by atoms with E-state index in [0.717, 1.165) is 6.42 Å². The number of hydrogen-bond donors (Lipinski definition) is 0. The van der Waals surface area contributed by atoms with Gasteiger partial charge in [0.15, 0.2) is 0 Å². The fourth-order valence-electron chi connectivity index (χ4n) is 2.73. The first kappa shape index (κ1) is 25.0. The van der Waals surface area contributed by atoms with Crippen molar-refractivity contribution in [2.45, 2.75) is 32.4 Å². The van der Waals surface area contributed by atoms with Gasteiger partial charge in [0.2, 0.25) is 0 Å². The van der Waals surface area contributed by atoms with E-state index >= 15 is 0 Å². The maximum absolute atomic E-state index is 12.0. The van der Waals surface area contributed by atoms with Crippen LogP contribution in [0.1, 0.15) is 35.7 Å². The number of nitro groups is 1. The van der Waals surface area contributed by atoms with Crippen molar-refractivity contribution in [2.24, 2.45) is 0 Å². The van der Waals surface area contributed by atoms with Gasteiger partial charge in [0.05, 0.1) is 36.9 Å². The van der Waals surface area contributed by atoms with E-state index < -0.39 is 19.7 Å².